The van der Waals surface area contributed by atoms with Gasteiger partial charge in [0.25, 0.3) is 0 Å². The highest BCUT2D eigenvalue weighted by atomic mass is 16.1. The van der Waals surface area contributed by atoms with Crippen molar-refractivity contribution in [2.24, 2.45) is 0 Å². The molecule has 3 rings (SSSR count). The molecule has 2 aromatic carbocycles. The van der Waals surface area contributed by atoms with Crippen LogP contribution in [0.2, 0.25) is 0 Å². The maximum Gasteiger partial charge on any atom is 0.152 e. The number of hydrogen-bond donors (Lipinski definition) is 0. The van der Waals surface area contributed by atoms with E-state index in [0.29, 0.717) is 0 Å². The van der Waals surface area contributed by atoms with Crippen molar-refractivity contribution in [2.75, 3.05) is 11.4 Å². The van der Waals surface area contributed by atoms with Crippen LogP contribution >= 0.6 is 0 Å². The molecule has 1 heterocycles. The summed E-state index contributed by atoms with van der Waals surface area (Å²) in [5.41, 5.74) is 4.37. The maximum atomic E-state index is 11.2. The summed E-state index contributed by atoms with van der Waals surface area (Å²) in [6.07, 6.45) is 3.19. The first-order valence-corrected chi connectivity index (χ1v) is 6.30. The molecule has 0 N–H and O–H groups in total. The predicted molar refractivity (Wildman–Crippen MR) is 73.6 cm³/mol. The molecule has 0 unspecified atom stereocenters. The number of carbonyl (C=O) groups excluding carboxylic acids is 1. The zero-order valence-electron chi connectivity index (χ0n) is 10.2. The van der Waals surface area contributed by atoms with Gasteiger partial charge in [0, 0.05) is 17.8 Å². The molecule has 0 saturated heterocycles. The Kier molecular flexibility index (Phi) is 2.85. The van der Waals surface area contributed by atoms with Crippen molar-refractivity contribution >= 4 is 17.7 Å². The van der Waals surface area contributed by atoms with Crippen molar-refractivity contribution < 1.29 is 4.79 Å². The molecule has 0 saturated carbocycles. The first-order valence-electron chi connectivity index (χ1n) is 6.30. The number of rotatable bonds is 2. The summed E-state index contributed by atoms with van der Waals surface area (Å²) < 4.78 is 0. The third-order valence-corrected chi connectivity index (χ3v) is 3.46. The number of fused-ring (bicyclic) bond motifs is 1. The van der Waals surface area contributed by atoms with E-state index >= 15 is 0 Å². The van der Waals surface area contributed by atoms with E-state index in [9.17, 15) is 4.79 Å². The molecule has 0 amide bonds. The molecule has 0 bridgehead atoms. The second-order valence-corrected chi connectivity index (χ2v) is 4.56. The molecule has 1 aliphatic heterocycles. The maximum absolute atomic E-state index is 11.2. The average molecular weight is 237 g/mol. The standard InChI is InChI=1S/C16H15NO/c18-12-14-7-2-4-10-16(14)17-11-5-8-13-6-1-3-9-15(13)17/h1-4,6-7,9-10,12H,5,8,11H2. The number of aryl methyl sites for hydroxylation is 1. The van der Waals surface area contributed by atoms with Crippen LogP contribution in [0.15, 0.2) is 48.5 Å². The largest absolute Gasteiger partial charge is 0.341 e. The van der Waals surface area contributed by atoms with E-state index in [1.54, 1.807) is 0 Å². The van der Waals surface area contributed by atoms with Crippen LogP contribution in [-0.2, 0) is 6.42 Å². The fourth-order valence-electron chi connectivity index (χ4n) is 2.62. The minimum absolute atomic E-state index is 0.759. The molecule has 2 nitrogen and oxygen atoms in total. The highest BCUT2D eigenvalue weighted by Crippen LogP contribution is 2.34. The van der Waals surface area contributed by atoms with E-state index in [0.717, 1.165) is 36.9 Å². The van der Waals surface area contributed by atoms with Crippen LogP contribution in [0, 0.1) is 0 Å². The van der Waals surface area contributed by atoms with E-state index in [1.807, 2.05) is 24.3 Å². The second kappa shape index (κ2) is 4.65. The number of aldehydes is 1. The Labute approximate surface area is 107 Å². The van der Waals surface area contributed by atoms with Crippen LogP contribution in [-0.4, -0.2) is 12.8 Å². The van der Waals surface area contributed by atoms with Crippen molar-refractivity contribution in [1.82, 2.24) is 0 Å². The van der Waals surface area contributed by atoms with Gasteiger partial charge in [0.2, 0.25) is 0 Å². The van der Waals surface area contributed by atoms with Gasteiger partial charge in [-0.3, -0.25) is 4.79 Å². The van der Waals surface area contributed by atoms with E-state index in [2.05, 4.69) is 29.2 Å². The van der Waals surface area contributed by atoms with Gasteiger partial charge in [0.1, 0.15) is 0 Å². The zero-order chi connectivity index (χ0) is 12.4. The molecule has 1 aliphatic rings. The lowest BCUT2D eigenvalue weighted by molar-refractivity contribution is 0.112. The summed E-state index contributed by atoms with van der Waals surface area (Å²) in [4.78, 5) is 13.4. The van der Waals surface area contributed by atoms with Gasteiger partial charge in [-0.05, 0) is 36.6 Å². The van der Waals surface area contributed by atoms with E-state index in [4.69, 9.17) is 0 Å². The second-order valence-electron chi connectivity index (χ2n) is 4.56. The number of nitrogens with zero attached hydrogens (tertiary/aromatic N) is 1. The van der Waals surface area contributed by atoms with E-state index in [-0.39, 0.29) is 0 Å². The molecule has 2 aromatic rings. The average Bonchev–Trinajstić information content (AvgIpc) is 2.46. The van der Waals surface area contributed by atoms with Gasteiger partial charge in [-0.25, -0.2) is 0 Å². The van der Waals surface area contributed by atoms with Crippen LogP contribution in [0.3, 0.4) is 0 Å². The van der Waals surface area contributed by atoms with Crippen molar-refractivity contribution in [1.29, 1.82) is 0 Å². The molecular formula is C16H15NO. The van der Waals surface area contributed by atoms with Gasteiger partial charge >= 0.3 is 0 Å². The fraction of sp³-hybridized carbons (Fsp3) is 0.188. The third kappa shape index (κ3) is 1.80. The van der Waals surface area contributed by atoms with Crippen molar-refractivity contribution in [3.8, 4) is 0 Å². The molecule has 0 radical (unpaired) electrons. The lowest BCUT2D eigenvalue weighted by Gasteiger charge is -2.32. The number of para-hydroxylation sites is 2. The van der Waals surface area contributed by atoms with Crippen LogP contribution in [0.1, 0.15) is 22.3 Å². The Morgan fingerprint density at radius 1 is 0.944 bits per heavy atom. The smallest absolute Gasteiger partial charge is 0.152 e. The minimum Gasteiger partial charge on any atom is -0.341 e. The molecule has 0 aromatic heterocycles. The van der Waals surface area contributed by atoms with Gasteiger partial charge in [-0.15, -0.1) is 0 Å². The van der Waals surface area contributed by atoms with Crippen molar-refractivity contribution in [3.63, 3.8) is 0 Å². The van der Waals surface area contributed by atoms with Gasteiger partial charge in [-0.2, -0.15) is 0 Å². The number of hydrogen-bond acceptors (Lipinski definition) is 2. The molecular weight excluding hydrogens is 222 g/mol. The highest BCUT2D eigenvalue weighted by Gasteiger charge is 2.19. The van der Waals surface area contributed by atoms with Crippen molar-refractivity contribution in [2.45, 2.75) is 12.8 Å². The Bertz CT molecular complexity index is 577. The van der Waals surface area contributed by atoms with Crippen molar-refractivity contribution in [3.05, 3.63) is 59.7 Å². The molecule has 90 valence electrons. The fourth-order valence-corrected chi connectivity index (χ4v) is 2.62. The van der Waals surface area contributed by atoms with Gasteiger partial charge in [-0.1, -0.05) is 30.3 Å². The summed E-state index contributed by atoms with van der Waals surface area (Å²) >= 11 is 0. The van der Waals surface area contributed by atoms with Gasteiger partial charge in [0.15, 0.2) is 6.29 Å². The summed E-state index contributed by atoms with van der Waals surface area (Å²) in [6.45, 7) is 0.974. The third-order valence-electron chi connectivity index (χ3n) is 3.46. The monoisotopic (exact) mass is 237 g/mol. The zero-order valence-corrected chi connectivity index (χ0v) is 10.2. The first kappa shape index (κ1) is 11.0. The molecule has 0 aliphatic carbocycles. The Hall–Kier alpha value is -2.09. The summed E-state index contributed by atoms with van der Waals surface area (Å²) in [6, 6.07) is 16.2. The van der Waals surface area contributed by atoms with Gasteiger partial charge < -0.3 is 4.90 Å². The Morgan fingerprint density at radius 2 is 1.67 bits per heavy atom. The van der Waals surface area contributed by atoms with Crippen LogP contribution < -0.4 is 4.90 Å². The Morgan fingerprint density at radius 3 is 2.50 bits per heavy atom. The van der Waals surface area contributed by atoms with E-state index < -0.39 is 0 Å². The molecule has 0 atom stereocenters. The van der Waals surface area contributed by atoms with Crippen LogP contribution in [0.4, 0.5) is 11.4 Å². The van der Waals surface area contributed by atoms with Gasteiger partial charge in [0.05, 0.1) is 5.69 Å². The van der Waals surface area contributed by atoms with Crippen LogP contribution in [0.5, 0.6) is 0 Å². The Balaban J connectivity index is 2.11. The topological polar surface area (TPSA) is 20.3 Å². The first-order chi connectivity index (χ1) is 8.90. The molecule has 0 spiro atoms. The molecule has 18 heavy (non-hydrogen) atoms. The summed E-state index contributed by atoms with van der Waals surface area (Å²) in [7, 11) is 0. The quantitative estimate of drug-likeness (QED) is 0.744. The summed E-state index contributed by atoms with van der Waals surface area (Å²) in [5, 5.41) is 0. The number of benzene rings is 2. The lowest BCUT2D eigenvalue weighted by atomic mass is 10.0. The van der Waals surface area contributed by atoms with E-state index in [1.165, 1.54) is 11.3 Å². The number of carbonyl (C=O) groups is 1. The minimum atomic E-state index is 0.759. The molecule has 2 heteroatoms. The predicted octanol–water partition coefficient (Wildman–Crippen LogP) is 3.58. The SMILES string of the molecule is O=Cc1ccccc1N1CCCc2ccccc21. The lowest BCUT2D eigenvalue weighted by Crippen LogP contribution is -2.25. The normalized spacial score (nSPS) is 14.1. The number of anilines is 2. The van der Waals surface area contributed by atoms with Crippen LogP contribution in [0.25, 0.3) is 0 Å². The summed E-state index contributed by atoms with van der Waals surface area (Å²) in [5.74, 6) is 0. The highest BCUT2D eigenvalue weighted by molar-refractivity contribution is 5.87. The molecule has 0 fully saturated rings.